The molecular formula is C13H25N3O3. The van der Waals surface area contributed by atoms with Crippen LogP contribution in [0.1, 0.15) is 33.1 Å². The molecule has 0 saturated carbocycles. The van der Waals surface area contributed by atoms with Gasteiger partial charge in [0.1, 0.15) is 0 Å². The predicted molar refractivity (Wildman–Crippen MR) is 73.1 cm³/mol. The van der Waals surface area contributed by atoms with Gasteiger partial charge in [-0.15, -0.1) is 0 Å². The van der Waals surface area contributed by atoms with Crippen LogP contribution in [0.5, 0.6) is 0 Å². The second-order valence-corrected chi connectivity index (χ2v) is 5.10. The number of hydrogen-bond donors (Lipinski definition) is 3. The molecule has 110 valence electrons. The van der Waals surface area contributed by atoms with Crippen LogP contribution in [0.4, 0.5) is 4.79 Å². The van der Waals surface area contributed by atoms with Crippen molar-refractivity contribution in [3.63, 3.8) is 0 Å². The number of nitrogens with one attached hydrogen (secondary N) is 2. The van der Waals surface area contributed by atoms with E-state index < -0.39 is 11.9 Å². The number of urea groups is 1. The van der Waals surface area contributed by atoms with Crippen LogP contribution < -0.4 is 10.6 Å². The second-order valence-electron chi connectivity index (χ2n) is 5.10. The van der Waals surface area contributed by atoms with Gasteiger partial charge in [0.05, 0.1) is 5.92 Å². The van der Waals surface area contributed by atoms with Crippen LogP contribution in [0.2, 0.25) is 0 Å². The van der Waals surface area contributed by atoms with Gasteiger partial charge in [0.2, 0.25) is 0 Å². The molecule has 1 unspecified atom stereocenters. The first kappa shape index (κ1) is 15.8. The number of carboxylic acids is 1. The second kappa shape index (κ2) is 7.99. The Morgan fingerprint density at radius 2 is 2.05 bits per heavy atom. The summed E-state index contributed by atoms with van der Waals surface area (Å²) < 4.78 is 0. The zero-order valence-corrected chi connectivity index (χ0v) is 11.8. The average molecular weight is 271 g/mol. The molecule has 1 aliphatic heterocycles. The van der Waals surface area contributed by atoms with E-state index in [1.54, 1.807) is 6.92 Å². The van der Waals surface area contributed by atoms with Gasteiger partial charge in [-0.3, -0.25) is 4.79 Å². The van der Waals surface area contributed by atoms with E-state index in [0.717, 1.165) is 38.9 Å². The molecule has 1 aliphatic rings. The van der Waals surface area contributed by atoms with Crippen molar-refractivity contribution in [3.05, 3.63) is 0 Å². The van der Waals surface area contributed by atoms with Crippen molar-refractivity contribution in [1.29, 1.82) is 0 Å². The van der Waals surface area contributed by atoms with Gasteiger partial charge >= 0.3 is 12.0 Å². The van der Waals surface area contributed by atoms with E-state index in [2.05, 4.69) is 10.6 Å². The van der Waals surface area contributed by atoms with E-state index >= 15 is 0 Å². The van der Waals surface area contributed by atoms with Crippen molar-refractivity contribution in [1.82, 2.24) is 15.5 Å². The van der Waals surface area contributed by atoms with E-state index in [9.17, 15) is 9.59 Å². The SMILES string of the molecule is CCCN(C(=O)NCC(C)C(=O)O)C1CCNCC1. The topological polar surface area (TPSA) is 81.7 Å². The quantitative estimate of drug-likeness (QED) is 0.670. The monoisotopic (exact) mass is 271 g/mol. The summed E-state index contributed by atoms with van der Waals surface area (Å²) in [5.74, 6) is -1.44. The van der Waals surface area contributed by atoms with Crippen molar-refractivity contribution < 1.29 is 14.7 Å². The van der Waals surface area contributed by atoms with Gasteiger partial charge < -0.3 is 20.6 Å². The predicted octanol–water partition coefficient (Wildman–Crippen LogP) is 0.881. The Balaban J connectivity index is 2.49. The summed E-state index contributed by atoms with van der Waals surface area (Å²) in [5, 5.41) is 14.8. The number of aliphatic carboxylic acids is 1. The molecule has 0 aromatic carbocycles. The fourth-order valence-corrected chi connectivity index (χ4v) is 2.24. The molecule has 1 atom stereocenters. The van der Waals surface area contributed by atoms with Gasteiger partial charge in [-0.2, -0.15) is 0 Å². The van der Waals surface area contributed by atoms with Gasteiger partial charge in [0.15, 0.2) is 0 Å². The van der Waals surface area contributed by atoms with Crippen LogP contribution >= 0.6 is 0 Å². The molecule has 1 saturated heterocycles. The van der Waals surface area contributed by atoms with Crippen LogP contribution in [-0.4, -0.2) is 54.2 Å². The smallest absolute Gasteiger partial charge is 0.317 e. The zero-order valence-electron chi connectivity index (χ0n) is 11.8. The van der Waals surface area contributed by atoms with Crippen molar-refractivity contribution in [2.45, 2.75) is 39.2 Å². The fourth-order valence-electron chi connectivity index (χ4n) is 2.24. The summed E-state index contributed by atoms with van der Waals surface area (Å²) >= 11 is 0. The highest BCUT2D eigenvalue weighted by Crippen LogP contribution is 2.12. The van der Waals surface area contributed by atoms with Crippen LogP contribution in [-0.2, 0) is 4.79 Å². The summed E-state index contributed by atoms with van der Waals surface area (Å²) in [6.45, 7) is 6.41. The van der Waals surface area contributed by atoms with E-state index in [4.69, 9.17) is 5.11 Å². The third-order valence-corrected chi connectivity index (χ3v) is 3.46. The number of rotatable bonds is 6. The maximum atomic E-state index is 12.2. The molecule has 0 aromatic rings. The Labute approximate surface area is 114 Å². The van der Waals surface area contributed by atoms with E-state index in [-0.39, 0.29) is 18.6 Å². The van der Waals surface area contributed by atoms with Gasteiger partial charge in [0, 0.05) is 19.1 Å². The number of carbonyl (C=O) groups excluding carboxylic acids is 1. The maximum Gasteiger partial charge on any atom is 0.317 e. The maximum absolute atomic E-state index is 12.2. The Hall–Kier alpha value is -1.30. The molecule has 6 nitrogen and oxygen atoms in total. The highest BCUT2D eigenvalue weighted by atomic mass is 16.4. The number of nitrogens with zero attached hydrogens (tertiary/aromatic N) is 1. The minimum Gasteiger partial charge on any atom is -0.481 e. The zero-order chi connectivity index (χ0) is 14.3. The van der Waals surface area contributed by atoms with Crippen LogP contribution in [0.3, 0.4) is 0 Å². The number of amides is 2. The normalized spacial score (nSPS) is 17.8. The summed E-state index contributed by atoms with van der Waals surface area (Å²) in [7, 11) is 0. The highest BCUT2D eigenvalue weighted by molar-refractivity contribution is 5.76. The molecule has 0 radical (unpaired) electrons. The highest BCUT2D eigenvalue weighted by Gasteiger charge is 2.25. The molecule has 6 heteroatoms. The lowest BCUT2D eigenvalue weighted by Crippen LogP contribution is -2.51. The molecule has 1 heterocycles. The molecule has 0 bridgehead atoms. The Kier molecular flexibility index (Phi) is 6.62. The molecule has 1 fully saturated rings. The van der Waals surface area contributed by atoms with Crippen LogP contribution in [0.25, 0.3) is 0 Å². The van der Waals surface area contributed by atoms with E-state index in [1.807, 2.05) is 11.8 Å². The number of piperidine rings is 1. The average Bonchev–Trinajstić information content (AvgIpc) is 2.42. The Morgan fingerprint density at radius 1 is 1.42 bits per heavy atom. The minimum absolute atomic E-state index is 0.137. The first-order valence-electron chi connectivity index (χ1n) is 7.04. The Bertz CT molecular complexity index is 304. The van der Waals surface area contributed by atoms with Crippen molar-refractivity contribution in [2.75, 3.05) is 26.2 Å². The fraction of sp³-hybridized carbons (Fsp3) is 0.846. The van der Waals surface area contributed by atoms with Crippen molar-refractivity contribution in [3.8, 4) is 0 Å². The summed E-state index contributed by atoms with van der Waals surface area (Å²) in [6.07, 6.45) is 2.83. The molecule has 0 aromatic heterocycles. The number of hydrogen-bond acceptors (Lipinski definition) is 3. The lowest BCUT2D eigenvalue weighted by atomic mass is 10.0. The Morgan fingerprint density at radius 3 is 2.58 bits per heavy atom. The van der Waals surface area contributed by atoms with Crippen LogP contribution in [0, 0.1) is 5.92 Å². The summed E-state index contributed by atoms with van der Waals surface area (Å²) in [4.78, 5) is 24.8. The van der Waals surface area contributed by atoms with Gasteiger partial charge in [-0.25, -0.2) is 4.79 Å². The molecule has 19 heavy (non-hydrogen) atoms. The van der Waals surface area contributed by atoms with Crippen LogP contribution in [0.15, 0.2) is 0 Å². The van der Waals surface area contributed by atoms with Crippen molar-refractivity contribution in [2.24, 2.45) is 5.92 Å². The van der Waals surface area contributed by atoms with E-state index in [0.29, 0.717) is 0 Å². The third kappa shape index (κ3) is 5.06. The lowest BCUT2D eigenvalue weighted by Gasteiger charge is -2.34. The first-order chi connectivity index (χ1) is 9.06. The molecule has 1 rings (SSSR count). The molecule has 2 amide bonds. The molecular weight excluding hydrogens is 246 g/mol. The van der Waals surface area contributed by atoms with Gasteiger partial charge in [-0.05, 0) is 32.4 Å². The molecule has 3 N–H and O–H groups in total. The third-order valence-electron chi connectivity index (χ3n) is 3.46. The number of carbonyl (C=O) groups is 2. The summed E-state index contributed by atoms with van der Waals surface area (Å²) in [5.41, 5.74) is 0. The minimum atomic E-state index is -0.885. The first-order valence-corrected chi connectivity index (χ1v) is 7.04. The summed E-state index contributed by atoms with van der Waals surface area (Å²) in [6, 6.07) is 0.128. The molecule has 0 spiro atoms. The van der Waals surface area contributed by atoms with Gasteiger partial charge in [0.25, 0.3) is 0 Å². The molecule has 0 aliphatic carbocycles. The standard InChI is InChI=1S/C13H25N3O3/c1-3-8-16(11-4-6-14-7-5-11)13(19)15-9-10(2)12(17)18/h10-11,14H,3-9H2,1-2H3,(H,15,19)(H,17,18). The van der Waals surface area contributed by atoms with Crippen molar-refractivity contribution >= 4 is 12.0 Å². The largest absolute Gasteiger partial charge is 0.481 e. The van der Waals surface area contributed by atoms with E-state index in [1.165, 1.54) is 0 Å². The number of carboxylic acid groups (broad SMARTS) is 1. The van der Waals surface area contributed by atoms with Gasteiger partial charge in [-0.1, -0.05) is 13.8 Å². The lowest BCUT2D eigenvalue weighted by molar-refractivity contribution is -0.140.